The molecule has 2 amide bonds. The Morgan fingerprint density at radius 2 is 1.97 bits per heavy atom. The highest BCUT2D eigenvalue weighted by Crippen LogP contribution is 2.18. The Balaban J connectivity index is 1.60. The number of anilines is 1. The first-order valence-electron chi connectivity index (χ1n) is 9.36. The SMILES string of the molecule is Cc1cc2nc(C)c(CCC(=O)N(C)CC(=O)Nc3cccc(Cl)c3)c(C)n2n1. The van der Waals surface area contributed by atoms with E-state index >= 15 is 0 Å². The van der Waals surface area contributed by atoms with Crippen LogP contribution >= 0.6 is 11.6 Å². The number of fused-ring (bicyclic) bond motifs is 1. The number of rotatable bonds is 6. The molecule has 3 aromatic rings. The molecule has 7 nitrogen and oxygen atoms in total. The Labute approximate surface area is 174 Å². The highest BCUT2D eigenvalue weighted by molar-refractivity contribution is 6.30. The van der Waals surface area contributed by atoms with Crippen LogP contribution < -0.4 is 5.32 Å². The van der Waals surface area contributed by atoms with E-state index in [0.29, 0.717) is 17.1 Å². The molecule has 0 unspecified atom stereocenters. The van der Waals surface area contributed by atoms with Crippen molar-refractivity contribution in [3.63, 3.8) is 0 Å². The number of carbonyl (C=O) groups is 2. The van der Waals surface area contributed by atoms with Crippen LogP contribution in [0.1, 0.15) is 29.1 Å². The third kappa shape index (κ3) is 4.92. The fraction of sp³-hybridized carbons (Fsp3) is 0.333. The van der Waals surface area contributed by atoms with E-state index in [4.69, 9.17) is 11.6 Å². The molecule has 0 bridgehead atoms. The fourth-order valence-electron chi connectivity index (χ4n) is 3.30. The fourth-order valence-corrected chi connectivity index (χ4v) is 3.49. The number of hydrogen-bond donors (Lipinski definition) is 1. The zero-order chi connectivity index (χ0) is 21.1. The number of nitrogens with one attached hydrogen (secondary N) is 1. The summed E-state index contributed by atoms with van der Waals surface area (Å²) < 4.78 is 1.81. The molecule has 0 aliphatic rings. The summed E-state index contributed by atoms with van der Waals surface area (Å²) in [5, 5.41) is 7.74. The van der Waals surface area contributed by atoms with E-state index in [1.54, 1.807) is 31.3 Å². The molecule has 2 aromatic heterocycles. The molecule has 0 aliphatic heterocycles. The molecule has 29 heavy (non-hydrogen) atoms. The smallest absolute Gasteiger partial charge is 0.243 e. The van der Waals surface area contributed by atoms with Crippen molar-refractivity contribution < 1.29 is 9.59 Å². The minimum absolute atomic E-state index is 0.0288. The zero-order valence-electron chi connectivity index (χ0n) is 17.0. The van der Waals surface area contributed by atoms with E-state index in [2.05, 4.69) is 15.4 Å². The first-order chi connectivity index (χ1) is 13.7. The van der Waals surface area contributed by atoms with Gasteiger partial charge in [0.15, 0.2) is 5.65 Å². The van der Waals surface area contributed by atoms with Gasteiger partial charge in [-0.15, -0.1) is 0 Å². The molecule has 0 radical (unpaired) electrons. The van der Waals surface area contributed by atoms with Gasteiger partial charge < -0.3 is 10.2 Å². The number of benzene rings is 1. The van der Waals surface area contributed by atoms with Gasteiger partial charge in [0.05, 0.1) is 12.2 Å². The quantitative estimate of drug-likeness (QED) is 0.672. The molecule has 152 valence electrons. The van der Waals surface area contributed by atoms with Crippen LogP contribution in [-0.2, 0) is 16.0 Å². The van der Waals surface area contributed by atoms with E-state index < -0.39 is 0 Å². The van der Waals surface area contributed by atoms with Gasteiger partial charge in [-0.3, -0.25) is 9.59 Å². The summed E-state index contributed by atoms with van der Waals surface area (Å²) in [7, 11) is 1.62. The molecule has 0 aliphatic carbocycles. The number of carbonyl (C=O) groups excluding carboxylic acids is 2. The normalized spacial score (nSPS) is 10.9. The number of aromatic nitrogens is 3. The molecular weight excluding hydrogens is 390 g/mol. The van der Waals surface area contributed by atoms with Crippen LogP contribution in [0.4, 0.5) is 5.69 Å². The molecule has 3 rings (SSSR count). The Bertz CT molecular complexity index is 1080. The summed E-state index contributed by atoms with van der Waals surface area (Å²) in [6, 6.07) is 8.82. The number of hydrogen-bond acceptors (Lipinski definition) is 4. The van der Waals surface area contributed by atoms with Crippen molar-refractivity contribution in [1.82, 2.24) is 19.5 Å². The minimum Gasteiger partial charge on any atom is -0.336 e. The largest absolute Gasteiger partial charge is 0.336 e. The predicted molar refractivity (Wildman–Crippen MR) is 113 cm³/mol. The molecule has 0 atom stereocenters. The second kappa shape index (κ2) is 8.61. The van der Waals surface area contributed by atoms with E-state index in [-0.39, 0.29) is 24.8 Å². The Morgan fingerprint density at radius 3 is 2.69 bits per heavy atom. The molecule has 1 N–H and O–H groups in total. The highest BCUT2D eigenvalue weighted by atomic mass is 35.5. The van der Waals surface area contributed by atoms with Crippen LogP contribution in [0.5, 0.6) is 0 Å². The van der Waals surface area contributed by atoms with Gasteiger partial charge >= 0.3 is 0 Å². The molecular formula is C21H24ClN5O2. The van der Waals surface area contributed by atoms with Gasteiger partial charge in [0.25, 0.3) is 0 Å². The Kier molecular flexibility index (Phi) is 6.17. The van der Waals surface area contributed by atoms with Crippen LogP contribution in [0, 0.1) is 20.8 Å². The molecule has 2 heterocycles. The van der Waals surface area contributed by atoms with Crippen molar-refractivity contribution in [2.75, 3.05) is 18.9 Å². The lowest BCUT2D eigenvalue weighted by molar-refractivity contribution is -0.133. The standard InChI is InChI=1S/C21H24ClN5O2/c1-13-10-19-23-14(2)18(15(3)27(19)25-13)8-9-21(29)26(4)12-20(28)24-17-7-5-6-16(22)11-17/h5-7,10-11H,8-9,12H2,1-4H3,(H,24,28). The second-order valence-corrected chi connectivity index (χ2v) is 7.56. The van der Waals surface area contributed by atoms with E-state index in [9.17, 15) is 9.59 Å². The lowest BCUT2D eigenvalue weighted by Gasteiger charge is -2.18. The van der Waals surface area contributed by atoms with Gasteiger partial charge in [-0.25, -0.2) is 9.50 Å². The maximum absolute atomic E-state index is 12.5. The van der Waals surface area contributed by atoms with Crippen molar-refractivity contribution in [2.45, 2.75) is 33.6 Å². The van der Waals surface area contributed by atoms with Crippen molar-refractivity contribution in [2.24, 2.45) is 0 Å². The summed E-state index contributed by atoms with van der Waals surface area (Å²) in [6.07, 6.45) is 0.828. The molecule has 0 saturated carbocycles. The second-order valence-electron chi connectivity index (χ2n) is 7.13. The number of likely N-dealkylation sites (N-methyl/N-ethyl adjacent to an activating group) is 1. The molecule has 8 heteroatoms. The van der Waals surface area contributed by atoms with Crippen LogP contribution in [0.2, 0.25) is 5.02 Å². The van der Waals surface area contributed by atoms with Gasteiger partial charge in [-0.2, -0.15) is 5.10 Å². The molecule has 1 aromatic carbocycles. The summed E-state index contributed by atoms with van der Waals surface area (Å²) >= 11 is 5.92. The van der Waals surface area contributed by atoms with Crippen molar-refractivity contribution >= 4 is 34.7 Å². The van der Waals surface area contributed by atoms with Gasteiger partial charge in [0.2, 0.25) is 11.8 Å². The van der Waals surface area contributed by atoms with Gasteiger partial charge in [0.1, 0.15) is 0 Å². The Morgan fingerprint density at radius 1 is 1.21 bits per heavy atom. The molecule has 0 saturated heterocycles. The Hall–Kier alpha value is -2.93. The van der Waals surface area contributed by atoms with Crippen LogP contribution in [0.3, 0.4) is 0 Å². The zero-order valence-corrected chi connectivity index (χ0v) is 17.7. The maximum Gasteiger partial charge on any atom is 0.243 e. The molecule has 0 spiro atoms. The highest BCUT2D eigenvalue weighted by Gasteiger charge is 2.16. The van der Waals surface area contributed by atoms with Crippen molar-refractivity contribution in [1.29, 1.82) is 0 Å². The summed E-state index contributed by atoms with van der Waals surface area (Å²) in [4.78, 5) is 30.7. The average molecular weight is 414 g/mol. The van der Waals surface area contributed by atoms with Gasteiger partial charge in [-0.05, 0) is 51.0 Å². The van der Waals surface area contributed by atoms with E-state index in [1.165, 1.54) is 4.90 Å². The number of halogens is 1. The molecule has 0 fully saturated rings. The number of aryl methyl sites for hydroxylation is 3. The van der Waals surface area contributed by atoms with E-state index in [1.807, 2.05) is 31.4 Å². The average Bonchev–Trinajstić information content (AvgIpc) is 3.01. The minimum atomic E-state index is -0.273. The van der Waals surface area contributed by atoms with E-state index in [0.717, 1.165) is 28.3 Å². The van der Waals surface area contributed by atoms with Gasteiger partial charge in [0, 0.05) is 41.6 Å². The van der Waals surface area contributed by atoms with Crippen LogP contribution in [0.25, 0.3) is 5.65 Å². The van der Waals surface area contributed by atoms with Crippen LogP contribution in [-0.4, -0.2) is 44.9 Å². The number of amides is 2. The third-order valence-electron chi connectivity index (χ3n) is 4.79. The number of nitrogens with zero attached hydrogens (tertiary/aromatic N) is 4. The predicted octanol–water partition coefficient (Wildman–Crippen LogP) is 3.34. The maximum atomic E-state index is 12.5. The summed E-state index contributed by atoms with van der Waals surface area (Å²) in [6.45, 7) is 5.82. The lowest BCUT2D eigenvalue weighted by atomic mass is 10.1. The van der Waals surface area contributed by atoms with Crippen LogP contribution in [0.15, 0.2) is 30.3 Å². The third-order valence-corrected chi connectivity index (χ3v) is 5.03. The first kappa shape index (κ1) is 20.8. The summed E-state index contributed by atoms with van der Waals surface area (Å²) in [5.74, 6) is -0.382. The van der Waals surface area contributed by atoms with Gasteiger partial charge in [-0.1, -0.05) is 17.7 Å². The topological polar surface area (TPSA) is 79.6 Å². The summed E-state index contributed by atoms with van der Waals surface area (Å²) in [5.41, 5.74) is 5.19. The van der Waals surface area contributed by atoms with Crippen molar-refractivity contribution in [3.8, 4) is 0 Å². The van der Waals surface area contributed by atoms with Crippen molar-refractivity contribution in [3.05, 3.63) is 58.0 Å². The lowest BCUT2D eigenvalue weighted by Crippen LogP contribution is -2.35. The monoisotopic (exact) mass is 413 g/mol. The first-order valence-corrected chi connectivity index (χ1v) is 9.74.